The lowest BCUT2D eigenvalue weighted by Gasteiger charge is -2.52. The van der Waals surface area contributed by atoms with Gasteiger partial charge >= 0.3 is 0 Å². The van der Waals surface area contributed by atoms with Crippen molar-refractivity contribution in [3.63, 3.8) is 0 Å². The van der Waals surface area contributed by atoms with Crippen LogP contribution in [0, 0.1) is 5.41 Å². The minimum atomic E-state index is 0. The number of likely N-dealkylation sites (N-methyl/N-ethyl adjacent to an activating group) is 1. The van der Waals surface area contributed by atoms with Crippen molar-refractivity contribution in [2.45, 2.75) is 52.0 Å². The Bertz CT molecular complexity index is 468. The summed E-state index contributed by atoms with van der Waals surface area (Å²) in [6, 6.07) is 9.82. The Hall–Kier alpha value is -0.530. The smallest absolute Gasteiger partial charge is 0.0198 e. The molecule has 1 fully saturated rings. The minimum Gasteiger partial charge on any atom is -0.300 e. The summed E-state index contributed by atoms with van der Waals surface area (Å²) < 4.78 is 0. The summed E-state index contributed by atoms with van der Waals surface area (Å²) in [5.41, 5.74) is 3.88. The third-order valence-corrected chi connectivity index (χ3v) is 6.03. The number of likely N-dealkylation sites (tertiary alicyclic amines) is 1. The maximum atomic E-state index is 2.69. The zero-order chi connectivity index (χ0) is 13.0. The molecule has 2 unspecified atom stereocenters. The Labute approximate surface area is 123 Å². The first-order valence-electron chi connectivity index (χ1n) is 7.33. The molecule has 0 aromatic heterocycles. The van der Waals surface area contributed by atoms with Crippen LogP contribution in [0.25, 0.3) is 0 Å². The Morgan fingerprint density at radius 3 is 2.58 bits per heavy atom. The van der Waals surface area contributed by atoms with E-state index >= 15 is 0 Å². The van der Waals surface area contributed by atoms with Gasteiger partial charge in [-0.25, -0.2) is 0 Å². The van der Waals surface area contributed by atoms with Gasteiger partial charge in [0.15, 0.2) is 0 Å². The molecule has 106 valence electrons. The number of fused-ring (bicyclic) bond motifs is 2. The third-order valence-electron chi connectivity index (χ3n) is 6.03. The molecule has 0 bridgehead atoms. The van der Waals surface area contributed by atoms with Crippen LogP contribution in [0.5, 0.6) is 0 Å². The number of hydrogen-bond acceptors (Lipinski definition) is 1. The van der Waals surface area contributed by atoms with E-state index in [2.05, 4.69) is 56.9 Å². The van der Waals surface area contributed by atoms with Crippen LogP contribution >= 0.6 is 12.4 Å². The fourth-order valence-electron chi connectivity index (χ4n) is 4.39. The first-order valence-corrected chi connectivity index (χ1v) is 7.33. The Balaban J connectivity index is 0.00000133. The average Bonchev–Trinajstić information content (AvgIpc) is 2.69. The highest BCUT2D eigenvalue weighted by Crippen LogP contribution is 2.56. The van der Waals surface area contributed by atoms with Gasteiger partial charge in [-0.05, 0) is 47.9 Å². The number of halogens is 1. The van der Waals surface area contributed by atoms with Gasteiger partial charge in [0.05, 0.1) is 0 Å². The molecule has 1 aliphatic heterocycles. The summed E-state index contributed by atoms with van der Waals surface area (Å²) in [6.45, 7) is 12.2. The van der Waals surface area contributed by atoms with Crippen LogP contribution in [-0.2, 0) is 11.8 Å². The zero-order valence-corrected chi connectivity index (χ0v) is 13.4. The fraction of sp³-hybridized carbons (Fsp3) is 0.647. The van der Waals surface area contributed by atoms with E-state index in [4.69, 9.17) is 0 Å². The van der Waals surface area contributed by atoms with E-state index in [1.165, 1.54) is 25.9 Å². The maximum absolute atomic E-state index is 2.69. The van der Waals surface area contributed by atoms with Crippen molar-refractivity contribution in [2.24, 2.45) is 5.41 Å². The van der Waals surface area contributed by atoms with Crippen LogP contribution in [0.4, 0.5) is 0 Å². The standard InChI is InChI=1S/C17H25N.ClH/c1-5-18-11-10-17(4)15(18)12-13-8-6-7-9-14(13)16(17,2)3;/h6-9,15H,5,10-12H2,1-4H3;1H. The van der Waals surface area contributed by atoms with E-state index in [1.54, 1.807) is 11.1 Å². The van der Waals surface area contributed by atoms with E-state index in [1.807, 2.05) is 0 Å². The van der Waals surface area contributed by atoms with E-state index in [9.17, 15) is 0 Å². The summed E-state index contributed by atoms with van der Waals surface area (Å²) in [4.78, 5) is 2.69. The molecule has 1 heterocycles. The second kappa shape index (κ2) is 4.79. The Kier molecular flexibility index (Phi) is 3.75. The van der Waals surface area contributed by atoms with Crippen molar-refractivity contribution in [1.82, 2.24) is 4.90 Å². The largest absolute Gasteiger partial charge is 0.300 e. The number of rotatable bonds is 1. The van der Waals surface area contributed by atoms with Crippen LogP contribution in [0.15, 0.2) is 24.3 Å². The van der Waals surface area contributed by atoms with Crippen molar-refractivity contribution in [2.75, 3.05) is 13.1 Å². The number of nitrogens with zero attached hydrogens (tertiary/aromatic N) is 1. The number of benzene rings is 1. The van der Waals surface area contributed by atoms with Crippen molar-refractivity contribution < 1.29 is 0 Å². The van der Waals surface area contributed by atoms with Crippen molar-refractivity contribution in [1.29, 1.82) is 0 Å². The minimum absolute atomic E-state index is 0. The Morgan fingerprint density at radius 2 is 1.89 bits per heavy atom. The van der Waals surface area contributed by atoms with Gasteiger partial charge in [-0.3, -0.25) is 4.90 Å². The van der Waals surface area contributed by atoms with Crippen LogP contribution in [0.3, 0.4) is 0 Å². The molecule has 1 saturated heterocycles. The quantitative estimate of drug-likeness (QED) is 0.750. The molecule has 2 atom stereocenters. The summed E-state index contributed by atoms with van der Waals surface area (Å²) in [5.74, 6) is 0. The highest BCUT2D eigenvalue weighted by molar-refractivity contribution is 5.85. The molecule has 0 radical (unpaired) electrons. The average molecular weight is 280 g/mol. The van der Waals surface area contributed by atoms with Crippen LogP contribution in [0.1, 0.15) is 45.2 Å². The van der Waals surface area contributed by atoms with Gasteiger partial charge in [-0.1, -0.05) is 52.0 Å². The van der Waals surface area contributed by atoms with Gasteiger partial charge in [-0.15, -0.1) is 12.4 Å². The SMILES string of the molecule is CCN1CCC2(C)C1Cc1ccccc1C2(C)C.Cl. The zero-order valence-electron chi connectivity index (χ0n) is 12.6. The molecular weight excluding hydrogens is 254 g/mol. The fourth-order valence-corrected chi connectivity index (χ4v) is 4.39. The molecule has 1 aromatic rings. The van der Waals surface area contributed by atoms with Crippen LogP contribution in [-0.4, -0.2) is 24.0 Å². The van der Waals surface area contributed by atoms with E-state index < -0.39 is 0 Å². The molecule has 19 heavy (non-hydrogen) atoms. The first-order chi connectivity index (χ1) is 8.50. The number of hydrogen-bond donors (Lipinski definition) is 0. The summed E-state index contributed by atoms with van der Waals surface area (Å²) in [7, 11) is 0. The van der Waals surface area contributed by atoms with Crippen molar-refractivity contribution >= 4 is 12.4 Å². The molecule has 0 saturated carbocycles. The van der Waals surface area contributed by atoms with Crippen molar-refractivity contribution in [3.8, 4) is 0 Å². The topological polar surface area (TPSA) is 3.24 Å². The van der Waals surface area contributed by atoms with E-state index in [-0.39, 0.29) is 17.8 Å². The molecule has 1 aliphatic carbocycles. The summed E-state index contributed by atoms with van der Waals surface area (Å²) in [6.07, 6.45) is 2.58. The first kappa shape index (κ1) is 14.9. The van der Waals surface area contributed by atoms with Gasteiger partial charge in [0, 0.05) is 6.04 Å². The lowest BCUT2D eigenvalue weighted by atomic mass is 9.54. The van der Waals surface area contributed by atoms with E-state index in [0.717, 1.165) is 6.04 Å². The van der Waals surface area contributed by atoms with Gasteiger partial charge in [0.2, 0.25) is 0 Å². The summed E-state index contributed by atoms with van der Waals surface area (Å²) >= 11 is 0. The lowest BCUT2D eigenvalue weighted by Crippen LogP contribution is -2.53. The van der Waals surface area contributed by atoms with Gasteiger partial charge < -0.3 is 0 Å². The molecule has 1 aromatic carbocycles. The third kappa shape index (κ3) is 1.86. The molecule has 2 aliphatic rings. The molecule has 0 amide bonds. The predicted molar refractivity (Wildman–Crippen MR) is 84.2 cm³/mol. The van der Waals surface area contributed by atoms with Gasteiger partial charge in [0.25, 0.3) is 0 Å². The Morgan fingerprint density at radius 1 is 1.21 bits per heavy atom. The van der Waals surface area contributed by atoms with Crippen LogP contribution < -0.4 is 0 Å². The molecule has 0 spiro atoms. The molecule has 0 N–H and O–H groups in total. The molecule has 1 nitrogen and oxygen atoms in total. The lowest BCUT2D eigenvalue weighted by molar-refractivity contribution is 0.0827. The van der Waals surface area contributed by atoms with Crippen LogP contribution in [0.2, 0.25) is 0 Å². The monoisotopic (exact) mass is 279 g/mol. The molecule has 3 rings (SSSR count). The predicted octanol–water partition coefficient (Wildman–Crippen LogP) is 4.04. The molecule has 2 heteroatoms. The maximum Gasteiger partial charge on any atom is 0.0198 e. The summed E-state index contributed by atoms with van der Waals surface area (Å²) in [5, 5.41) is 0. The second-order valence-electron chi connectivity index (χ2n) is 6.80. The highest BCUT2D eigenvalue weighted by atomic mass is 35.5. The van der Waals surface area contributed by atoms with Gasteiger partial charge in [-0.2, -0.15) is 0 Å². The van der Waals surface area contributed by atoms with E-state index in [0.29, 0.717) is 5.41 Å². The normalized spacial score (nSPS) is 32.3. The van der Waals surface area contributed by atoms with Crippen molar-refractivity contribution in [3.05, 3.63) is 35.4 Å². The van der Waals surface area contributed by atoms with Gasteiger partial charge in [0.1, 0.15) is 0 Å². The second-order valence-corrected chi connectivity index (χ2v) is 6.80. The highest BCUT2D eigenvalue weighted by Gasteiger charge is 2.55. The molecular formula is C17H26ClN.